The lowest BCUT2D eigenvalue weighted by atomic mass is 10.4. The van der Waals surface area contributed by atoms with Crippen LogP contribution in [0.3, 0.4) is 0 Å². The molecule has 0 saturated heterocycles. The van der Waals surface area contributed by atoms with Gasteiger partial charge in [0.15, 0.2) is 5.13 Å². The maximum Gasteiger partial charge on any atom is 0.267 e. The molecule has 0 aliphatic heterocycles. The summed E-state index contributed by atoms with van der Waals surface area (Å²) in [6.07, 6.45) is 3.96. The number of thiazole rings is 1. The Morgan fingerprint density at radius 3 is 2.67 bits per heavy atom. The monoisotopic (exact) mass is 454 g/mol. The van der Waals surface area contributed by atoms with Crippen LogP contribution in [-0.4, -0.2) is 24.9 Å². The van der Waals surface area contributed by atoms with Crippen molar-refractivity contribution in [3.63, 3.8) is 0 Å². The minimum absolute atomic E-state index is 0.0802. The number of hydrogen-bond acceptors (Lipinski definition) is 6. The Kier molecular flexibility index (Phi) is 5.58. The second-order valence-corrected chi connectivity index (χ2v) is 8.98. The van der Waals surface area contributed by atoms with Crippen LogP contribution in [0.25, 0.3) is 0 Å². The Morgan fingerprint density at radius 1 is 1.29 bits per heavy atom. The Bertz CT molecular complexity index is 734. The maximum absolute atomic E-state index is 12.5. The van der Waals surface area contributed by atoms with E-state index >= 15 is 0 Å². The molecule has 0 amide bonds. The fraction of sp³-hybridized carbons (Fsp3) is 0.273. The van der Waals surface area contributed by atoms with Gasteiger partial charge in [0.25, 0.3) is 10.0 Å². The Labute approximate surface area is 143 Å². The van der Waals surface area contributed by atoms with Crippen LogP contribution >= 0.6 is 43.2 Å². The van der Waals surface area contributed by atoms with E-state index in [-0.39, 0.29) is 4.90 Å². The van der Waals surface area contributed by atoms with Crippen LogP contribution in [0.1, 0.15) is 13.3 Å². The summed E-state index contributed by atoms with van der Waals surface area (Å²) in [4.78, 5) is 8.18. The largest absolute Gasteiger partial charge is 0.369 e. The zero-order chi connectivity index (χ0) is 15.5. The molecule has 2 aromatic heterocycles. The van der Waals surface area contributed by atoms with Gasteiger partial charge in [-0.25, -0.2) is 18.4 Å². The van der Waals surface area contributed by atoms with E-state index in [9.17, 15) is 8.42 Å². The molecular formula is C11H12Br2N4O2S2. The van der Waals surface area contributed by atoms with E-state index in [1.807, 2.05) is 6.92 Å². The van der Waals surface area contributed by atoms with Crippen LogP contribution in [0.5, 0.6) is 0 Å². The summed E-state index contributed by atoms with van der Waals surface area (Å²) in [5.74, 6) is 0.322. The van der Waals surface area contributed by atoms with Crippen molar-refractivity contribution < 1.29 is 8.42 Å². The molecule has 2 aromatic rings. The third-order valence-electron chi connectivity index (χ3n) is 2.35. The van der Waals surface area contributed by atoms with E-state index < -0.39 is 10.0 Å². The molecule has 0 spiro atoms. The number of pyridine rings is 1. The first kappa shape index (κ1) is 16.7. The second kappa shape index (κ2) is 7.03. The van der Waals surface area contributed by atoms with Crippen molar-refractivity contribution in [2.45, 2.75) is 18.2 Å². The van der Waals surface area contributed by atoms with E-state index in [2.05, 4.69) is 51.9 Å². The number of aromatic nitrogens is 2. The average molecular weight is 456 g/mol. The number of nitrogens with zero attached hydrogens (tertiary/aromatic N) is 2. The van der Waals surface area contributed by atoms with Gasteiger partial charge in [-0.2, -0.15) is 0 Å². The molecule has 0 radical (unpaired) electrons. The van der Waals surface area contributed by atoms with Crippen molar-refractivity contribution >= 4 is 64.2 Å². The Balaban J connectivity index is 2.35. The van der Waals surface area contributed by atoms with Crippen LogP contribution < -0.4 is 10.0 Å². The van der Waals surface area contributed by atoms with Crippen molar-refractivity contribution in [2.24, 2.45) is 0 Å². The van der Waals surface area contributed by atoms with Crippen LogP contribution in [0, 0.1) is 0 Å². The summed E-state index contributed by atoms with van der Waals surface area (Å²) in [7, 11) is -3.76. The molecule has 0 unspecified atom stereocenters. The lowest BCUT2D eigenvalue weighted by molar-refractivity contribution is 0.601. The van der Waals surface area contributed by atoms with Gasteiger partial charge in [-0.3, -0.25) is 4.72 Å². The quantitative estimate of drug-likeness (QED) is 0.693. The van der Waals surface area contributed by atoms with Crippen LogP contribution in [-0.2, 0) is 10.0 Å². The molecule has 0 fully saturated rings. The highest BCUT2D eigenvalue weighted by molar-refractivity contribution is 9.11. The van der Waals surface area contributed by atoms with Gasteiger partial charge in [0.2, 0.25) is 0 Å². The summed E-state index contributed by atoms with van der Waals surface area (Å²) in [6, 6.07) is 1.51. The molecule has 114 valence electrons. The normalized spacial score (nSPS) is 11.4. The van der Waals surface area contributed by atoms with Crippen molar-refractivity contribution in [3.05, 3.63) is 26.7 Å². The molecular weight excluding hydrogens is 444 g/mol. The number of halogens is 2. The Morgan fingerprint density at radius 2 is 2.05 bits per heavy atom. The summed E-state index contributed by atoms with van der Waals surface area (Å²) < 4.78 is 28.8. The van der Waals surface area contributed by atoms with Gasteiger partial charge < -0.3 is 5.32 Å². The van der Waals surface area contributed by atoms with Crippen molar-refractivity contribution in [1.29, 1.82) is 0 Å². The number of hydrogen-bond donors (Lipinski definition) is 2. The summed E-state index contributed by atoms with van der Waals surface area (Å²) in [5, 5.41) is 3.30. The minimum Gasteiger partial charge on any atom is -0.369 e. The minimum atomic E-state index is -3.76. The zero-order valence-electron chi connectivity index (χ0n) is 10.9. The molecule has 21 heavy (non-hydrogen) atoms. The molecule has 6 nitrogen and oxygen atoms in total. The van der Waals surface area contributed by atoms with Gasteiger partial charge in [0.1, 0.15) is 10.7 Å². The van der Waals surface area contributed by atoms with Crippen molar-refractivity contribution in [2.75, 3.05) is 16.6 Å². The predicted octanol–water partition coefficient (Wildman–Crippen LogP) is 3.69. The molecule has 0 atom stereocenters. The van der Waals surface area contributed by atoms with E-state index in [0.29, 0.717) is 22.0 Å². The fourth-order valence-corrected chi connectivity index (χ4v) is 4.46. The highest BCUT2D eigenvalue weighted by Gasteiger charge is 2.21. The molecule has 2 rings (SSSR count). The molecule has 2 heterocycles. The van der Waals surface area contributed by atoms with Crippen molar-refractivity contribution in [1.82, 2.24) is 9.97 Å². The van der Waals surface area contributed by atoms with Gasteiger partial charge in [0.05, 0.1) is 9.98 Å². The standard InChI is InChI=1S/C11H12Br2N4O2S2/c1-2-3-14-10-8(4-7(12)5-15-10)21(18,19)17-11-16-6-9(13)20-11/h4-6H,2-3H2,1H3,(H,14,15)(H,16,17). The molecule has 0 aliphatic carbocycles. The summed E-state index contributed by atoms with van der Waals surface area (Å²) >= 11 is 7.69. The van der Waals surface area contributed by atoms with E-state index in [1.54, 1.807) is 6.20 Å². The van der Waals surface area contributed by atoms with Crippen LogP contribution in [0.15, 0.2) is 31.6 Å². The van der Waals surface area contributed by atoms with E-state index in [0.717, 1.165) is 10.2 Å². The maximum atomic E-state index is 12.5. The molecule has 2 N–H and O–H groups in total. The predicted molar refractivity (Wildman–Crippen MR) is 91.3 cm³/mol. The van der Waals surface area contributed by atoms with Crippen molar-refractivity contribution in [3.8, 4) is 0 Å². The smallest absolute Gasteiger partial charge is 0.267 e. The highest BCUT2D eigenvalue weighted by Crippen LogP contribution is 2.28. The number of anilines is 2. The molecule has 10 heteroatoms. The van der Waals surface area contributed by atoms with Crippen LogP contribution in [0.2, 0.25) is 0 Å². The lowest BCUT2D eigenvalue weighted by Gasteiger charge is -2.11. The zero-order valence-corrected chi connectivity index (χ0v) is 15.7. The molecule has 0 aromatic carbocycles. The van der Waals surface area contributed by atoms with E-state index in [1.165, 1.54) is 23.6 Å². The van der Waals surface area contributed by atoms with Gasteiger partial charge >= 0.3 is 0 Å². The topological polar surface area (TPSA) is 84.0 Å². The fourth-order valence-electron chi connectivity index (χ4n) is 1.47. The SMILES string of the molecule is CCCNc1ncc(Br)cc1S(=O)(=O)Nc1ncc(Br)s1. The first-order valence-electron chi connectivity index (χ1n) is 5.96. The number of nitrogens with one attached hydrogen (secondary N) is 2. The lowest BCUT2D eigenvalue weighted by Crippen LogP contribution is -2.16. The van der Waals surface area contributed by atoms with Gasteiger partial charge in [-0.1, -0.05) is 18.3 Å². The molecule has 0 saturated carbocycles. The van der Waals surface area contributed by atoms with Gasteiger partial charge in [0, 0.05) is 17.2 Å². The summed E-state index contributed by atoms with van der Waals surface area (Å²) in [5.41, 5.74) is 0. The molecule has 0 aliphatic rings. The summed E-state index contributed by atoms with van der Waals surface area (Å²) in [6.45, 7) is 2.63. The van der Waals surface area contributed by atoms with Crippen LogP contribution in [0.4, 0.5) is 10.9 Å². The van der Waals surface area contributed by atoms with Gasteiger partial charge in [-0.15, -0.1) is 0 Å². The number of sulfonamides is 1. The van der Waals surface area contributed by atoms with Gasteiger partial charge in [-0.05, 0) is 44.3 Å². The average Bonchev–Trinajstić information content (AvgIpc) is 2.82. The third kappa shape index (κ3) is 4.38. The highest BCUT2D eigenvalue weighted by atomic mass is 79.9. The first-order valence-corrected chi connectivity index (χ1v) is 9.84. The number of rotatable bonds is 6. The van der Waals surface area contributed by atoms with E-state index in [4.69, 9.17) is 0 Å². The third-order valence-corrected chi connectivity index (χ3v) is 5.66. The Hall–Kier alpha value is -0.710. The first-order chi connectivity index (χ1) is 9.92. The second-order valence-electron chi connectivity index (χ2n) is 4.00. The molecule has 0 bridgehead atoms.